The first-order valence-corrected chi connectivity index (χ1v) is 17.7. The highest BCUT2D eigenvalue weighted by Crippen LogP contribution is 2.28. The Hall–Kier alpha value is -3.29. The molecule has 0 bridgehead atoms. The smallest absolute Gasteiger partial charge is 0.410 e. The standard InChI is InChI=1S/C34H52N6O6S/c1-7-28(41)36-26(21-29-37-25-9-8-24(22(2)3)20-27(25)47-29)31(42)38-30(32(43)35-12-15-39-16-18-45-19-17-39)23-10-13-40(14-11-23)33(44)46-34(4,5)6/h8-9,20,22-23,26,30H,7,10-19,21H2,1-6H3,(H,35,43)(H,36,41)(H,38,42)/t26-,30-/m0/s1. The van der Waals surface area contributed by atoms with E-state index in [4.69, 9.17) is 14.5 Å². The van der Waals surface area contributed by atoms with Gasteiger partial charge in [-0.05, 0) is 63.1 Å². The van der Waals surface area contributed by atoms with Gasteiger partial charge in [-0.25, -0.2) is 9.78 Å². The molecule has 1 aromatic heterocycles. The number of carbonyl (C=O) groups excluding carboxylic acids is 4. The third-order valence-corrected chi connectivity index (χ3v) is 9.59. The normalized spacial score (nSPS) is 17.7. The van der Waals surface area contributed by atoms with E-state index in [-0.39, 0.29) is 36.7 Å². The van der Waals surface area contributed by atoms with Crippen molar-refractivity contribution in [2.24, 2.45) is 5.92 Å². The Morgan fingerprint density at radius 3 is 2.38 bits per heavy atom. The molecule has 0 spiro atoms. The number of rotatable bonds is 12. The lowest BCUT2D eigenvalue weighted by molar-refractivity contribution is -0.133. The van der Waals surface area contributed by atoms with Crippen LogP contribution in [0.5, 0.6) is 0 Å². The first kappa shape index (κ1) is 36.5. The summed E-state index contributed by atoms with van der Waals surface area (Å²) in [4.78, 5) is 61.6. The lowest BCUT2D eigenvalue weighted by Crippen LogP contribution is -2.58. The van der Waals surface area contributed by atoms with Gasteiger partial charge in [0.2, 0.25) is 17.7 Å². The second-order valence-electron chi connectivity index (χ2n) is 13.7. The van der Waals surface area contributed by atoms with Gasteiger partial charge in [-0.2, -0.15) is 0 Å². The van der Waals surface area contributed by atoms with Crippen LogP contribution in [0.15, 0.2) is 18.2 Å². The summed E-state index contributed by atoms with van der Waals surface area (Å²) in [5.74, 6) is -0.799. The number of aromatic nitrogens is 1. The average molecular weight is 673 g/mol. The predicted molar refractivity (Wildman–Crippen MR) is 182 cm³/mol. The zero-order valence-corrected chi connectivity index (χ0v) is 29.5. The van der Waals surface area contributed by atoms with Crippen molar-refractivity contribution in [3.8, 4) is 0 Å². The predicted octanol–water partition coefficient (Wildman–Crippen LogP) is 3.44. The fraction of sp³-hybridized carbons (Fsp3) is 0.676. The maximum atomic E-state index is 13.9. The molecule has 4 rings (SSSR count). The van der Waals surface area contributed by atoms with E-state index >= 15 is 0 Å². The molecule has 3 N–H and O–H groups in total. The third kappa shape index (κ3) is 10.9. The van der Waals surface area contributed by atoms with Crippen LogP contribution in [0.4, 0.5) is 4.79 Å². The second-order valence-corrected chi connectivity index (χ2v) is 14.8. The molecule has 4 amide bonds. The molecule has 12 nitrogen and oxygen atoms in total. The van der Waals surface area contributed by atoms with E-state index in [0.717, 1.165) is 28.3 Å². The summed E-state index contributed by atoms with van der Waals surface area (Å²) >= 11 is 1.51. The zero-order valence-electron chi connectivity index (χ0n) is 28.7. The lowest BCUT2D eigenvalue weighted by Gasteiger charge is -2.37. The number of morpholine rings is 1. The number of fused-ring (bicyclic) bond motifs is 1. The number of ether oxygens (including phenoxy) is 2. The number of thiazole rings is 1. The molecule has 0 aliphatic carbocycles. The number of piperidine rings is 1. The quantitative estimate of drug-likeness (QED) is 0.312. The third-order valence-electron chi connectivity index (χ3n) is 8.55. The first-order chi connectivity index (χ1) is 22.3. The molecule has 3 heterocycles. The Labute approximate surface area is 282 Å². The molecule has 0 unspecified atom stereocenters. The van der Waals surface area contributed by atoms with Crippen LogP contribution >= 0.6 is 11.3 Å². The number of benzene rings is 1. The Morgan fingerprint density at radius 2 is 1.74 bits per heavy atom. The molecule has 2 fully saturated rings. The molecule has 260 valence electrons. The summed E-state index contributed by atoms with van der Waals surface area (Å²) in [6.07, 6.45) is 1.07. The van der Waals surface area contributed by atoms with Crippen molar-refractivity contribution in [2.75, 3.05) is 52.5 Å². The van der Waals surface area contributed by atoms with Crippen LogP contribution < -0.4 is 16.0 Å². The van der Waals surface area contributed by atoms with Gasteiger partial charge in [0.25, 0.3) is 0 Å². The van der Waals surface area contributed by atoms with Crippen LogP contribution in [0, 0.1) is 5.92 Å². The molecule has 2 aliphatic heterocycles. The largest absolute Gasteiger partial charge is 0.444 e. The van der Waals surface area contributed by atoms with Gasteiger partial charge in [-0.15, -0.1) is 11.3 Å². The van der Waals surface area contributed by atoms with Crippen LogP contribution in [-0.4, -0.2) is 109 Å². The molecule has 2 aromatic rings. The van der Waals surface area contributed by atoms with Crippen molar-refractivity contribution in [3.05, 3.63) is 28.8 Å². The maximum Gasteiger partial charge on any atom is 0.410 e. The lowest BCUT2D eigenvalue weighted by atomic mass is 9.88. The molecule has 0 saturated carbocycles. The SMILES string of the molecule is CCC(=O)N[C@@H](Cc1nc2ccc(C(C)C)cc2s1)C(=O)N[C@H](C(=O)NCCN1CCOCC1)C1CCN(C(=O)OC(C)(C)C)CC1. The molecule has 2 aliphatic rings. The number of likely N-dealkylation sites (tertiary alicyclic amines) is 1. The van der Waals surface area contributed by atoms with Crippen LogP contribution in [-0.2, 0) is 30.3 Å². The minimum atomic E-state index is -0.905. The first-order valence-electron chi connectivity index (χ1n) is 16.9. The van der Waals surface area contributed by atoms with E-state index in [1.165, 1.54) is 16.9 Å². The van der Waals surface area contributed by atoms with Crippen molar-refractivity contribution in [1.82, 2.24) is 30.7 Å². The van der Waals surface area contributed by atoms with E-state index in [9.17, 15) is 19.2 Å². The van der Waals surface area contributed by atoms with Crippen LogP contribution in [0.25, 0.3) is 10.2 Å². The van der Waals surface area contributed by atoms with E-state index in [0.29, 0.717) is 58.2 Å². The topological polar surface area (TPSA) is 142 Å². The molecule has 1 aromatic carbocycles. The van der Waals surface area contributed by atoms with Crippen molar-refractivity contribution < 1.29 is 28.7 Å². The van der Waals surface area contributed by atoms with Crippen molar-refractivity contribution in [3.63, 3.8) is 0 Å². The highest BCUT2D eigenvalue weighted by molar-refractivity contribution is 7.18. The van der Waals surface area contributed by atoms with Crippen molar-refractivity contribution in [2.45, 2.75) is 90.8 Å². The van der Waals surface area contributed by atoms with Crippen LogP contribution in [0.2, 0.25) is 0 Å². The molecule has 47 heavy (non-hydrogen) atoms. The number of nitrogens with zero attached hydrogens (tertiary/aromatic N) is 3. The summed E-state index contributed by atoms with van der Waals surface area (Å²) in [7, 11) is 0. The van der Waals surface area contributed by atoms with Crippen LogP contribution in [0.3, 0.4) is 0 Å². The number of amides is 4. The van der Waals surface area contributed by atoms with Crippen LogP contribution in [0.1, 0.15) is 77.3 Å². The van der Waals surface area contributed by atoms with Crippen molar-refractivity contribution >= 4 is 45.4 Å². The fourth-order valence-corrected chi connectivity index (χ4v) is 6.84. The Balaban J connectivity index is 1.48. The maximum absolute atomic E-state index is 13.9. The number of nitrogens with one attached hydrogen (secondary N) is 3. The summed E-state index contributed by atoms with van der Waals surface area (Å²) < 4.78 is 12.0. The molecular formula is C34H52N6O6S. The monoisotopic (exact) mass is 672 g/mol. The van der Waals surface area contributed by atoms with E-state index in [1.807, 2.05) is 26.8 Å². The Morgan fingerprint density at radius 1 is 1.04 bits per heavy atom. The Bertz CT molecular complexity index is 1380. The van der Waals surface area contributed by atoms with Gasteiger partial charge in [0.1, 0.15) is 17.7 Å². The molecule has 2 atom stereocenters. The van der Waals surface area contributed by atoms with Gasteiger partial charge in [0, 0.05) is 52.1 Å². The minimum absolute atomic E-state index is 0.205. The highest BCUT2D eigenvalue weighted by Gasteiger charge is 2.36. The van der Waals surface area contributed by atoms with E-state index in [1.54, 1.807) is 11.8 Å². The number of hydrogen-bond donors (Lipinski definition) is 3. The summed E-state index contributed by atoms with van der Waals surface area (Å²) in [5, 5.41) is 9.63. The molecule has 2 saturated heterocycles. The zero-order chi connectivity index (χ0) is 34.1. The molecule has 0 radical (unpaired) electrons. The van der Waals surface area contributed by atoms with Crippen molar-refractivity contribution in [1.29, 1.82) is 0 Å². The van der Waals surface area contributed by atoms with Gasteiger partial charge in [0.15, 0.2) is 0 Å². The summed E-state index contributed by atoms with van der Waals surface area (Å²) in [5.41, 5.74) is 1.45. The minimum Gasteiger partial charge on any atom is -0.444 e. The van der Waals surface area contributed by atoms with E-state index < -0.39 is 23.6 Å². The summed E-state index contributed by atoms with van der Waals surface area (Å²) in [6, 6.07) is 4.44. The number of carbonyl (C=O) groups is 4. The molecular weight excluding hydrogens is 620 g/mol. The van der Waals surface area contributed by atoms with Gasteiger partial charge < -0.3 is 30.3 Å². The second kappa shape index (κ2) is 16.7. The number of hydrogen-bond acceptors (Lipinski definition) is 9. The highest BCUT2D eigenvalue weighted by atomic mass is 32.1. The van der Waals surface area contributed by atoms with E-state index in [2.05, 4.69) is 46.8 Å². The average Bonchev–Trinajstić information content (AvgIpc) is 3.44. The van der Waals surface area contributed by atoms with Gasteiger partial charge >= 0.3 is 6.09 Å². The Kier molecular flexibility index (Phi) is 13.0. The summed E-state index contributed by atoms with van der Waals surface area (Å²) in [6.45, 7) is 16.4. The van der Waals surface area contributed by atoms with Gasteiger partial charge in [-0.1, -0.05) is 26.8 Å². The molecule has 13 heteroatoms. The van der Waals surface area contributed by atoms with Gasteiger partial charge in [0.05, 0.1) is 28.4 Å². The van der Waals surface area contributed by atoms with Gasteiger partial charge in [-0.3, -0.25) is 19.3 Å². The fourth-order valence-electron chi connectivity index (χ4n) is 5.78.